The fourth-order valence-electron chi connectivity index (χ4n) is 1.31. The summed E-state index contributed by atoms with van der Waals surface area (Å²) in [6.45, 7) is 1.58. The van der Waals surface area contributed by atoms with Gasteiger partial charge < -0.3 is 15.6 Å². The summed E-state index contributed by atoms with van der Waals surface area (Å²) in [6, 6.07) is 1.61. The van der Waals surface area contributed by atoms with Crippen molar-refractivity contribution in [3.63, 3.8) is 0 Å². The number of phenols is 1. The first kappa shape index (κ1) is 12.0. The number of methoxy groups -OCH3 is 1. The van der Waals surface area contributed by atoms with Gasteiger partial charge in [0.15, 0.2) is 17.3 Å². The topological polar surface area (TPSA) is 72.5 Å². The molecule has 82 valence electrons. The molecule has 3 N–H and O–H groups in total. The predicted octanol–water partition coefficient (Wildman–Crippen LogP) is 1.61. The van der Waals surface area contributed by atoms with Crippen molar-refractivity contribution in [3.05, 3.63) is 21.7 Å². The standard InChI is InChI=1S/C10H12BrNO3/c1-5-6(11)3-8(15-2)10(14)9(5)7(13)4-12/h3,14H,4,12H2,1-2H3. The highest BCUT2D eigenvalue weighted by Crippen LogP contribution is 2.37. The van der Waals surface area contributed by atoms with Crippen molar-refractivity contribution in [1.82, 2.24) is 0 Å². The third kappa shape index (κ3) is 2.13. The maximum Gasteiger partial charge on any atom is 0.180 e. The van der Waals surface area contributed by atoms with Crippen LogP contribution in [0.3, 0.4) is 0 Å². The van der Waals surface area contributed by atoms with Crippen LogP contribution in [0.4, 0.5) is 0 Å². The van der Waals surface area contributed by atoms with E-state index in [1.807, 2.05) is 0 Å². The van der Waals surface area contributed by atoms with E-state index in [1.165, 1.54) is 7.11 Å². The summed E-state index contributed by atoms with van der Waals surface area (Å²) in [5.41, 5.74) is 6.13. The van der Waals surface area contributed by atoms with Crippen molar-refractivity contribution in [3.8, 4) is 11.5 Å². The summed E-state index contributed by atoms with van der Waals surface area (Å²) in [5, 5.41) is 9.77. The zero-order chi connectivity index (χ0) is 11.6. The molecule has 0 saturated carbocycles. The summed E-state index contributed by atoms with van der Waals surface area (Å²) >= 11 is 3.29. The van der Waals surface area contributed by atoms with E-state index >= 15 is 0 Å². The zero-order valence-electron chi connectivity index (χ0n) is 8.50. The lowest BCUT2D eigenvalue weighted by Crippen LogP contribution is -2.15. The molecule has 0 aliphatic carbocycles. The number of carbonyl (C=O) groups is 1. The predicted molar refractivity (Wildman–Crippen MR) is 60.5 cm³/mol. The molecule has 1 aromatic carbocycles. The molecule has 1 aromatic rings. The van der Waals surface area contributed by atoms with Gasteiger partial charge in [0.25, 0.3) is 0 Å². The van der Waals surface area contributed by atoms with Crippen LogP contribution < -0.4 is 10.5 Å². The first-order chi connectivity index (χ1) is 7.02. The Balaban J connectivity index is 3.47. The zero-order valence-corrected chi connectivity index (χ0v) is 10.1. The van der Waals surface area contributed by atoms with Crippen molar-refractivity contribution in [2.45, 2.75) is 6.92 Å². The Hall–Kier alpha value is -1.07. The first-order valence-corrected chi connectivity index (χ1v) is 5.11. The number of rotatable bonds is 3. The molecule has 5 heteroatoms. The van der Waals surface area contributed by atoms with Crippen LogP contribution in [0.15, 0.2) is 10.5 Å². The minimum Gasteiger partial charge on any atom is -0.504 e. The van der Waals surface area contributed by atoms with E-state index in [9.17, 15) is 9.90 Å². The Morgan fingerprint density at radius 2 is 2.27 bits per heavy atom. The molecule has 0 bridgehead atoms. The largest absolute Gasteiger partial charge is 0.504 e. The molecule has 0 fully saturated rings. The number of nitrogens with two attached hydrogens (primary N) is 1. The Kier molecular flexibility index (Phi) is 3.71. The van der Waals surface area contributed by atoms with Crippen LogP contribution in [0.1, 0.15) is 15.9 Å². The number of ether oxygens (including phenoxy) is 1. The number of phenolic OH excluding ortho intramolecular Hbond substituents is 1. The quantitative estimate of drug-likeness (QED) is 0.821. The van der Waals surface area contributed by atoms with Crippen LogP contribution in [0.2, 0.25) is 0 Å². The molecule has 0 atom stereocenters. The van der Waals surface area contributed by atoms with Crippen molar-refractivity contribution < 1.29 is 14.6 Å². The molecule has 0 radical (unpaired) electrons. The van der Waals surface area contributed by atoms with Gasteiger partial charge >= 0.3 is 0 Å². The van der Waals surface area contributed by atoms with Crippen molar-refractivity contribution >= 4 is 21.7 Å². The Bertz CT molecular complexity index is 404. The maximum atomic E-state index is 11.5. The summed E-state index contributed by atoms with van der Waals surface area (Å²) < 4.78 is 5.65. The van der Waals surface area contributed by atoms with E-state index in [-0.39, 0.29) is 29.4 Å². The van der Waals surface area contributed by atoms with Crippen LogP contribution in [-0.4, -0.2) is 24.5 Å². The molecule has 0 aliphatic rings. The van der Waals surface area contributed by atoms with Gasteiger partial charge in [-0.25, -0.2) is 0 Å². The van der Waals surface area contributed by atoms with E-state index in [4.69, 9.17) is 10.5 Å². The number of benzene rings is 1. The van der Waals surface area contributed by atoms with Crippen molar-refractivity contribution in [2.75, 3.05) is 13.7 Å². The van der Waals surface area contributed by atoms with Crippen molar-refractivity contribution in [2.24, 2.45) is 5.73 Å². The van der Waals surface area contributed by atoms with Gasteiger partial charge in [-0.05, 0) is 18.6 Å². The molecule has 4 nitrogen and oxygen atoms in total. The van der Waals surface area contributed by atoms with E-state index in [1.54, 1.807) is 13.0 Å². The summed E-state index contributed by atoms with van der Waals surface area (Å²) in [7, 11) is 1.42. The highest BCUT2D eigenvalue weighted by Gasteiger charge is 2.19. The fraction of sp³-hybridized carbons (Fsp3) is 0.300. The second kappa shape index (κ2) is 4.63. The average molecular weight is 274 g/mol. The Labute approximate surface area is 96.2 Å². The summed E-state index contributed by atoms with van der Waals surface area (Å²) in [5.74, 6) is -0.220. The van der Waals surface area contributed by atoms with Crippen LogP contribution in [0.5, 0.6) is 11.5 Å². The summed E-state index contributed by atoms with van der Waals surface area (Å²) in [4.78, 5) is 11.5. The number of hydrogen-bond donors (Lipinski definition) is 2. The molecule has 0 heterocycles. The Morgan fingerprint density at radius 1 is 1.67 bits per heavy atom. The Morgan fingerprint density at radius 3 is 2.73 bits per heavy atom. The smallest absolute Gasteiger partial charge is 0.180 e. The van der Waals surface area contributed by atoms with Gasteiger partial charge in [0.05, 0.1) is 19.2 Å². The molecule has 0 saturated heterocycles. The van der Waals surface area contributed by atoms with Crippen LogP contribution in [-0.2, 0) is 0 Å². The van der Waals surface area contributed by atoms with Gasteiger partial charge in [-0.3, -0.25) is 4.79 Å². The van der Waals surface area contributed by atoms with Gasteiger partial charge in [-0.1, -0.05) is 15.9 Å². The van der Waals surface area contributed by atoms with Crippen LogP contribution in [0.25, 0.3) is 0 Å². The molecular weight excluding hydrogens is 262 g/mol. The van der Waals surface area contributed by atoms with E-state index in [0.717, 1.165) is 0 Å². The lowest BCUT2D eigenvalue weighted by Gasteiger charge is -2.12. The van der Waals surface area contributed by atoms with E-state index in [0.29, 0.717) is 10.0 Å². The first-order valence-electron chi connectivity index (χ1n) is 4.32. The second-order valence-electron chi connectivity index (χ2n) is 3.04. The molecule has 0 amide bonds. The molecule has 0 spiro atoms. The van der Waals surface area contributed by atoms with Gasteiger partial charge in [-0.15, -0.1) is 0 Å². The average Bonchev–Trinajstić information content (AvgIpc) is 2.23. The van der Waals surface area contributed by atoms with Gasteiger partial charge in [-0.2, -0.15) is 0 Å². The van der Waals surface area contributed by atoms with Gasteiger partial charge in [0.2, 0.25) is 0 Å². The van der Waals surface area contributed by atoms with Crippen LogP contribution >= 0.6 is 15.9 Å². The third-order valence-corrected chi connectivity index (χ3v) is 2.97. The molecule has 15 heavy (non-hydrogen) atoms. The molecular formula is C10H12BrNO3. The summed E-state index contributed by atoms with van der Waals surface area (Å²) in [6.07, 6.45) is 0. The number of carbonyl (C=O) groups excluding carboxylic acids is 1. The lowest BCUT2D eigenvalue weighted by atomic mass is 10.0. The second-order valence-corrected chi connectivity index (χ2v) is 3.89. The molecule has 1 rings (SSSR count). The highest BCUT2D eigenvalue weighted by atomic mass is 79.9. The molecule has 0 aromatic heterocycles. The number of aromatic hydroxyl groups is 1. The highest BCUT2D eigenvalue weighted by molar-refractivity contribution is 9.10. The normalized spacial score (nSPS) is 10.1. The van der Waals surface area contributed by atoms with E-state index < -0.39 is 0 Å². The molecule has 0 aliphatic heterocycles. The number of hydrogen-bond acceptors (Lipinski definition) is 4. The lowest BCUT2D eigenvalue weighted by molar-refractivity contribution is 0.0997. The maximum absolute atomic E-state index is 11.5. The molecule has 0 unspecified atom stereocenters. The number of ketones is 1. The van der Waals surface area contributed by atoms with Gasteiger partial charge in [0, 0.05) is 4.47 Å². The fourth-order valence-corrected chi connectivity index (χ4v) is 1.72. The van der Waals surface area contributed by atoms with Gasteiger partial charge in [0.1, 0.15) is 0 Å². The SMILES string of the molecule is COc1cc(Br)c(C)c(C(=O)CN)c1O. The van der Waals surface area contributed by atoms with Crippen molar-refractivity contribution in [1.29, 1.82) is 0 Å². The number of halogens is 1. The minimum absolute atomic E-state index is 0.145. The van der Waals surface area contributed by atoms with Crippen LogP contribution in [0, 0.1) is 6.92 Å². The third-order valence-electron chi connectivity index (χ3n) is 2.15. The van der Waals surface area contributed by atoms with E-state index in [2.05, 4.69) is 15.9 Å². The monoisotopic (exact) mass is 273 g/mol. The number of Topliss-reactive ketones (excluding diaryl/α,β-unsaturated/α-hetero) is 1. The minimum atomic E-state index is -0.315.